The van der Waals surface area contributed by atoms with Crippen molar-refractivity contribution in [1.82, 2.24) is 5.32 Å². The highest BCUT2D eigenvalue weighted by Crippen LogP contribution is 2.19. The minimum atomic E-state index is -0.872. The Hall–Kier alpha value is -2.56. The third kappa shape index (κ3) is 4.22. The molecule has 116 valence electrons. The molecular weight excluding hydrogens is 282 g/mol. The molecule has 1 aromatic carbocycles. The highest BCUT2D eigenvalue weighted by molar-refractivity contribution is 5.96. The lowest BCUT2D eigenvalue weighted by Crippen LogP contribution is -2.38. The van der Waals surface area contributed by atoms with Gasteiger partial charge in [0.2, 0.25) is 0 Å². The Morgan fingerprint density at radius 2 is 1.82 bits per heavy atom. The number of ether oxygens (including phenoxy) is 1. The molecule has 2 aromatic rings. The maximum atomic E-state index is 12.4. The fourth-order valence-electron chi connectivity index (χ4n) is 1.89. The Bertz CT molecular complexity index is 626. The predicted octanol–water partition coefficient (Wildman–Crippen LogP) is 3.09. The van der Waals surface area contributed by atoms with Crippen LogP contribution >= 0.6 is 0 Å². The summed E-state index contributed by atoms with van der Waals surface area (Å²) in [5.41, 5.74) is 0.378. The molecule has 0 aliphatic carbocycles. The summed E-state index contributed by atoms with van der Waals surface area (Å²) in [5, 5.41) is 2.68. The van der Waals surface area contributed by atoms with Gasteiger partial charge in [0.25, 0.3) is 5.91 Å². The second-order valence-electron chi connectivity index (χ2n) is 5.86. The standard InChI is InChI=1S/C17H19NO4/c1-17(2,3)22-16(20)14(12-7-5-4-6-8-12)18-15(19)13-9-10-21-11-13/h4-11,14H,1-3H3,(H,18,19). The molecule has 0 spiro atoms. The van der Waals surface area contributed by atoms with E-state index in [0.29, 0.717) is 11.1 Å². The van der Waals surface area contributed by atoms with Gasteiger partial charge < -0.3 is 14.5 Å². The molecule has 2 rings (SSSR count). The van der Waals surface area contributed by atoms with E-state index < -0.39 is 23.5 Å². The van der Waals surface area contributed by atoms with Crippen LogP contribution in [0.2, 0.25) is 0 Å². The number of carbonyl (C=O) groups excluding carboxylic acids is 2. The molecule has 22 heavy (non-hydrogen) atoms. The smallest absolute Gasteiger partial charge is 0.333 e. The van der Waals surface area contributed by atoms with Crippen LogP contribution in [0, 0.1) is 0 Å². The third-order valence-electron chi connectivity index (χ3n) is 2.83. The van der Waals surface area contributed by atoms with E-state index >= 15 is 0 Å². The van der Waals surface area contributed by atoms with Crippen molar-refractivity contribution in [2.24, 2.45) is 0 Å². The van der Waals surface area contributed by atoms with Crippen LogP contribution in [-0.4, -0.2) is 17.5 Å². The number of benzene rings is 1. The second-order valence-corrected chi connectivity index (χ2v) is 5.86. The maximum absolute atomic E-state index is 12.4. The summed E-state index contributed by atoms with van der Waals surface area (Å²) in [5.74, 6) is -0.899. The molecule has 0 saturated carbocycles. The molecule has 1 atom stereocenters. The molecule has 0 saturated heterocycles. The maximum Gasteiger partial charge on any atom is 0.333 e. The van der Waals surface area contributed by atoms with E-state index in [1.165, 1.54) is 18.6 Å². The number of hydrogen-bond donors (Lipinski definition) is 1. The molecule has 1 amide bonds. The largest absolute Gasteiger partial charge is 0.472 e. The van der Waals surface area contributed by atoms with Gasteiger partial charge >= 0.3 is 5.97 Å². The minimum absolute atomic E-state index is 0.351. The fraction of sp³-hybridized carbons (Fsp3) is 0.294. The first-order chi connectivity index (χ1) is 10.4. The number of amides is 1. The van der Waals surface area contributed by atoms with Crippen molar-refractivity contribution in [3.63, 3.8) is 0 Å². The fourth-order valence-corrected chi connectivity index (χ4v) is 1.89. The lowest BCUT2D eigenvalue weighted by atomic mass is 10.1. The average molecular weight is 301 g/mol. The molecule has 1 heterocycles. The second kappa shape index (κ2) is 6.47. The van der Waals surface area contributed by atoms with E-state index in [2.05, 4.69) is 5.32 Å². The van der Waals surface area contributed by atoms with Crippen molar-refractivity contribution >= 4 is 11.9 Å². The normalized spacial score (nSPS) is 12.5. The average Bonchev–Trinajstić information content (AvgIpc) is 2.97. The zero-order valence-corrected chi connectivity index (χ0v) is 12.8. The highest BCUT2D eigenvalue weighted by Gasteiger charge is 2.28. The van der Waals surface area contributed by atoms with E-state index in [1.54, 1.807) is 45.0 Å². The van der Waals surface area contributed by atoms with Gasteiger partial charge in [-0.05, 0) is 32.4 Å². The molecule has 5 heteroatoms. The van der Waals surface area contributed by atoms with Crippen LogP contribution in [0.1, 0.15) is 42.7 Å². The van der Waals surface area contributed by atoms with Gasteiger partial charge in [-0.15, -0.1) is 0 Å². The number of carbonyl (C=O) groups is 2. The van der Waals surface area contributed by atoms with Crippen LogP contribution in [0.4, 0.5) is 0 Å². The van der Waals surface area contributed by atoms with Gasteiger partial charge in [0, 0.05) is 0 Å². The summed E-state index contributed by atoms with van der Waals surface area (Å²) in [6.07, 6.45) is 2.73. The van der Waals surface area contributed by atoms with Gasteiger partial charge in [-0.25, -0.2) is 4.79 Å². The van der Waals surface area contributed by atoms with Gasteiger partial charge in [0.1, 0.15) is 11.9 Å². The Balaban J connectivity index is 2.22. The first kappa shape index (κ1) is 15.8. The van der Waals surface area contributed by atoms with Gasteiger partial charge in [-0.2, -0.15) is 0 Å². The molecule has 0 radical (unpaired) electrons. The van der Waals surface area contributed by atoms with Crippen molar-refractivity contribution in [1.29, 1.82) is 0 Å². The summed E-state index contributed by atoms with van der Waals surface area (Å²) < 4.78 is 10.3. The van der Waals surface area contributed by atoms with Crippen molar-refractivity contribution in [2.45, 2.75) is 32.4 Å². The zero-order chi connectivity index (χ0) is 16.2. The lowest BCUT2D eigenvalue weighted by Gasteiger charge is -2.24. The molecule has 1 aromatic heterocycles. The molecule has 0 aliphatic heterocycles. The number of furan rings is 1. The molecule has 5 nitrogen and oxygen atoms in total. The molecular formula is C17H19NO4. The van der Waals surface area contributed by atoms with Crippen LogP contribution < -0.4 is 5.32 Å². The van der Waals surface area contributed by atoms with E-state index in [1.807, 2.05) is 6.07 Å². The number of hydrogen-bond acceptors (Lipinski definition) is 4. The molecule has 0 fully saturated rings. The first-order valence-corrected chi connectivity index (χ1v) is 6.98. The van der Waals surface area contributed by atoms with Crippen molar-refractivity contribution < 1.29 is 18.7 Å². The van der Waals surface area contributed by atoms with E-state index in [9.17, 15) is 9.59 Å². The predicted molar refractivity (Wildman–Crippen MR) is 81.2 cm³/mol. The van der Waals surface area contributed by atoms with E-state index in [-0.39, 0.29) is 0 Å². The monoisotopic (exact) mass is 301 g/mol. The number of rotatable bonds is 4. The molecule has 0 aliphatic rings. The summed E-state index contributed by atoms with van der Waals surface area (Å²) >= 11 is 0. The third-order valence-corrected chi connectivity index (χ3v) is 2.83. The van der Waals surface area contributed by atoms with Gasteiger partial charge in [0.15, 0.2) is 6.04 Å². The highest BCUT2D eigenvalue weighted by atomic mass is 16.6. The van der Waals surface area contributed by atoms with Gasteiger partial charge in [-0.1, -0.05) is 30.3 Å². The van der Waals surface area contributed by atoms with Gasteiger partial charge in [0.05, 0.1) is 11.8 Å². The summed E-state index contributed by atoms with van der Waals surface area (Å²) in [4.78, 5) is 24.6. The van der Waals surface area contributed by atoms with Crippen LogP contribution in [0.15, 0.2) is 53.3 Å². The quantitative estimate of drug-likeness (QED) is 0.881. The Morgan fingerprint density at radius 3 is 2.36 bits per heavy atom. The Labute approximate surface area is 129 Å². The van der Waals surface area contributed by atoms with Crippen molar-refractivity contribution in [3.8, 4) is 0 Å². The number of nitrogens with one attached hydrogen (secondary N) is 1. The zero-order valence-electron chi connectivity index (χ0n) is 12.8. The first-order valence-electron chi connectivity index (χ1n) is 6.98. The van der Waals surface area contributed by atoms with Crippen LogP contribution in [0.25, 0.3) is 0 Å². The van der Waals surface area contributed by atoms with Crippen LogP contribution in [0.3, 0.4) is 0 Å². The minimum Gasteiger partial charge on any atom is -0.472 e. The number of esters is 1. The summed E-state index contributed by atoms with van der Waals surface area (Å²) in [6.45, 7) is 5.35. The van der Waals surface area contributed by atoms with Crippen molar-refractivity contribution in [3.05, 3.63) is 60.1 Å². The summed E-state index contributed by atoms with van der Waals surface area (Å²) in [7, 11) is 0. The van der Waals surface area contributed by atoms with Crippen molar-refractivity contribution in [2.75, 3.05) is 0 Å². The van der Waals surface area contributed by atoms with Crippen LogP contribution in [0.5, 0.6) is 0 Å². The lowest BCUT2D eigenvalue weighted by molar-refractivity contribution is -0.157. The molecule has 0 bridgehead atoms. The van der Waals surface area contributed by atoms with Crippen LogP contribution in [-0.2, 0) is 9.53 Å². The van der Waals surface area contributed by atoms with E-state index in [0.717, 1.165) is 0 Å². The summed E-state index contributed by atoms with van der Waals surface area (Å²) in [6, 6.07) is 9.64. The Kier molecular flexibility index (Phi) is 4.65. The Morgan fingerprint density at radius 1 is 1.14 bits per heavy atom. The molecule has 1 unspecified atom stereocenters. The topological polar surface area (TPSA) is 68.5 Å². The SMILES string of the molecule is CC(C)(C)OC(=O)C(NC(=O)c1ccoc1)c1ccccc1. The van der Waals surface area contributed by atoms with E-state index in [4.69, 9.17) is 9.15 Å². The molecule has 1 N–H and O–H groups in total. The van der Waals surface area contributed by atoms with Gasteiger partial charge in [-0.3, -0.25) is 4.79 Å².